The number of benzene rings is 1. The van der Waals surface area contributed by atoms with E-state index < -0.39 is 0 Å². The summed E-state index contributed by atoms with van der Waals surface area (Å²) in [6.07, 6.45) is 8.81. The molecule has 1 fully saturated rings. The summed E-state index contributed by atoms with van der Waals surface area (Å²) in [4.78, 5) is 20.0. The van der Waals surface area contributed by atoms with E-state index in [1.807, 2.05) is 37.5 Å². The fraction of sp³-hybridized carbons (Fsp3) is 0.333. The van der Waals surface area contributed by atoms with E-state index in [0.29, 0.717) is 6.04 Å². The van der Waals surface area contributed by atoms with Crippen LogP contribution in [0.25, 0.3) is 27.7 Å². The lowest BCUT2D eigenvalue weighted by Crippen LogP contribution is -2.43. The van der Waals surface area contributed by atoms with E-state index in [1.165, 1.54) is 48.0 Å². The van der Waals surface area contributed by atoms with E-state index in [1.54, 1.807) is 10.6 Å². The highest BCUT2D eigenvalue weighted by molar-refractivity contribution is 5.87. The van der Waals surface area contributed by atoms with Crippen LogP contribution in [0.3, 0.4) is 0 Å². The number of hydrogen-bond acceptors (Lipinski definition) is 3. The SMILES string of the molecule is Cc1ccc(-c2ccn(-c3ccc4c5c(n(C)c4c3)CC3CCCCN3C5)c(=O)c2)cn1.Cl. The highest BCUT2D eigenvalue weighted by Crippen LogP contribution is 2.36. The Kier molecular flexibility index (Phi) is 5.63. The van der Waals surface area contributed by atoms with Crippen molar-refractivity contribution in [2.75, 3.05) is 6.54 Å². The number of pyridine rings is 2. The Morgan fingerprint density at radius 2 is 1.91 bits per heavy atom. The third-order valence-electron chi connectivity index (χ3n) is 7.40. The van der Waals surface area contributed by atoms with Crippen LogP contribution in [0.1, 0.15) is 36.2 Å². The van der Waals surface area contributed by atoms with Crippen LogP contribution in [0.4, 0.5) is 0 Å². The molecule has 170 valence electrons. The molecule has 0 radical (unpaired) electrons. The van der Waals surface area contributed by atoms with Crippen LogP contribution in [0.2, 0.25) is 0 Å². The summed E-state index contributed by atoms with van der Waals surface area (Å²) < 4.78 is 4.09. The molecule has 0 spiro atoms. The van der Waals surface area contributed by atoms with Gasteiger partial charge in [-0.25, -0.2) is 0 Å². The Morgan fingerprint density at radius 3 is 2.70 bits per heavy atom. The van der Waals surface area contributed by atoms with Crippen molar-refractivity contribution in [3.8, 4) is 16.8 Å². The standard InChI is InChI=1S/C27H28N4O.ClH/c1-18-6-7-20(16-28-18)19-10-12-31(27(32)13-19)22-8-9-23-24-17-30-11-4-3-5-21(30)14-26(24)29(2)25(23)15-22;/h6-10,12-13,15-16,21H,3-5,11,14,17H2,1-2H3;1H. The summed E-state index contributed by atoms with van der Waals surface area (Å²) in [6, 6.07) is 14.8. The number of hydrogen-bond donors (Lipinski definition) is 0. The van der Waals surface area contributed by atoms with Gasteiger partial charge in [0.2, 0.25) is 0 Å². The monoisotopic (exact) mass is 460 g/mol. The topological polar surface area (TPSA) is 43.1 Å². The van der Waals surface area contributed by atoms with Crippen molar-refractivity contribution < 1.29 is 0 Å². The summed E-state index contributed by atoms with van der Waals surface area (Å²) >= 11 is 0. The van der Waals surface area contributed by atoms with E-state index in [-0.39, 0.29) is 18.0 Å². The predicted molar refractivity (Wildman–Crippen MR) is 135 cm³/mol. The Bertz CT molecular complexity index is 1390. The largest absolute Gasteiger partial charge is 0.347 e. The minimum atomic E-state index is -0.0291. The molecule has 4 aromatic rings. The molecule has 1 atom stereocenters. The number of fused-ring (bicyclic) bond motifs is 4. The van der Waals surface area contributed by atoms with E-state index >= 15 is 0 Å². The van der Waals surface area contributed by atoms with Crippen LogP contribution in [-0.2, 0) is 20.0 Å². The van der Waals surface area contributed by atoms with Gasteiger partial charge in [-0.2, -0.15) is 0 Å². The Balaban J connectivity index is 0.00000228. The van der Waals surface area contributed by atoms with Crippen LogP contribution in [0, 0.1) is 6.92 Å². The van der Waals surface area contributed by atoms with Gasteiger partial charge in [0.05, 0.1) is 11.2 Å². The second kappa shape index (κ2) is 8.47. The zero-order valence-electron chi connectivity index (χ0n) is 19.1. The van der Waals surface area contributed by atoms with Gasteiger partial charge in [-0.05, 0) is 61.7 Å². The Labute approximate surface area is 200 Å². The predicted octanol–water partition coefficient (Wildman–Crippen LogP) is 5.03. The molecule has 2 aliphatic rings. The van der Waals surface area contributed by atoms with Crippen molar-refractivity contribution in [3.63, 3.8) is 0 Å². The number of piperidine rings is 1. The number of halogens is 1. The molecule has 2 aliphatic heterocycles. The molecule has 6 rings (SSSR count). The van der Waals surface area contributed by atoms with Gasteiger partial charge >= 0.3 is 0 Å². The first-order chi connectivity index (χ1) is 15.6. The molecule has 3 aromatic heterocycles. The molecule has 0 bridgehead atoms. The molecule has 0 aliphatic carbocycles. The third-order valence-corrected chi connectivity index (χ3v) is 7.40. The molecule has 0 N–H and O–H groups in total. The molecule has 1 aromatic carbocycles. The first kappa shape index (κ1) is 21.9. The number of nitrogens with zero attached hydrogens (tertiary/aromatic N) is 4. The van der Waals surface area contributed by atoms with Crippen LogP contribution in [0.5, 0.6) is 0 Å². The average Bonchev–Trinajstić information content (AvgIpc) is 3.09. The summed E-state index contributed by atoms with van der Waals surface area (Å²) in [5.41, 5.74) is 7.86. The second-order valence-corrected chi connectivity index (χ2v) is 9.32. The molecular weight excluding hydrogens is 432 g/mol. The molecule has 6 heteroatoms. The van der Waals surface area contributed by atoms with Gasteiger partial charge in [-0.1, -0.05) is 18.6 Å². The van der Waals surface area contributed by atoms with Crippen molar-refractivity contribution in [1.29, 1.82) is 0 Å². The molecule has 5 heterocycles. The minimum absolute atomic E-state index is 0. The summed E-state index contributed by atoms with van der Waals surface area (Å²) in [5, 5.41) is 1.32. The van der Waals surface area contributed by atoms with Gasteiger partial charge in [0.25, 0.3) is 5.56 Å². The molecule has 5 nitrogen and oxygen atoms in total. The van der Waals surface area contributed by atoms with Gasteiger partial charge < -0.3 is 4.57 Å². The third kappa shape index (κ3) is 3.69. The van der Waals surface area contributed by atoms with E-state index in [4.69, 9.17) is 0 Å². The van der Waals surface area contributed by atoms with Crippen LogP contribution in [-0.4, -0.2) is 31.6 Å². The fourth-order valence-corrected chi connectivity index (χ4v) is 5.58. The highest BCUT2D eigenvalue weighted by atomic mass is 35.5. The fourth-order valence-electron chi connectivity index (χ4n) is 5.58. The maximum Gasteiger partial charge on any atom is 0.255 e. The first-order valence-corrected chi connectivity index (χ1v) is 11.6. The molecule has 0 saturated carbocycles. The van der Waals surface area contributed by atoms with E-state index in [2.05, 4.69) is 39.7 Å². The van der Waals surface area contributed by atoms with Crippen LogP contribution in [0.15, 0.2) is 59.7 Å². The van der Waals surface area contributed by atoms with E-state index in [0.717, 1.165) is 35.5 Å². The zero-order valence-corrected chi connectivity index (χ0v) is 19.9. The van der Waals surface area contributed by atoms with Crippen molar-refractivity contribution in [1.82, 2.24) is 19.0 Å². The van der Waals surface area contributed by atoms with Gasteiger partial charge in [0, 0.05) is 66.9 Å². The lowest BCUT2D eigenvalue weighted by Gasteiger charge is -2.39. The van der Waals surface area contributed by atoms with Crippen molar-refractivity contribution in [2.45, 2.75) is 45.2 Å². The lowest BCUT2D eigenvalue weighted by atomic mass is 9.91. The first-order valence-electron chi connectivity index (χ1n) is 11.6. The normalized spacial score (nSPS) is 17.9. The van der Waals surface area contributed by atoms with Crippen molar-refractivity contribution >= 4 is 23.3 Å². The summed E-state index contributed by atoms with van der Waals surface area (Å²) in [7, 11) is 2.18. The van der Waals surface area contributed by atoms with Gasteiger partial charge in [0.1, 0.15) is 0 Å². The molecule has 1 unspecified atom stereocenters. The van der Waals surface area contributed by atoms with Crippen molar-refractivity contribution in [2.24, 2.45) is 7.05 Å². The number of rotatable bonds is 2. The average molecular weight is 461 g/mol. The Morgan fingerprint density at radius 1 is 1.03 bits per heavy atom. The lowest BCUT2D eigenvalue weighted by molar-refractivity contribution is 0.126. The number of aromatic nitrogens is 3. The maximum atomic E-state index is 13.0. The summed E-state index contributed by atoms with van der Waals surface area (Å²) in [6.45, 7) is 4.23. The molecule has 0 amide bonds. The van der Waals surface area contributed by atoms with Crippen LogP contribution < -0.4 is 5.56 Å². The minimum Gasteiger partial charge on any atom is -0.347 e. The highest BCUT2D eigenvalue weighted by Gasteiger charge is 2.31. The van der Waals surface area contributed by atoms with Crippen molar-refractivity contribution in [3.05, 3.63) is 82.2 Å². The Hall–Kier alpha value is -2.89. The smallest absolute Gasteiger partial charge is 0.255 e. The quantitative estimate of drug-likeness (QED) is 0.421. The van der Waals surface area contributed by atoms with Gasteiger partial charge in [-0.15, -0.1) is 12.4 Å². The van der Waals surface area contributed by atoms with Gasteiger partial charge in [-0.3, -0.25) is 19.2 Å². The molecule has 33 heavy (non-hydrogen) atoms. The number of aryl methyl sites for hydroxylation is 2. The van der Waals surface area contributed by atoms with Gasteiger partial charge in [0.15, 0.2) is 0 Å². The molecule has 1 saturated heterocycles. The summed E-state index contributed by atoms with van der Waals surface area (Å²) in [5.74, 6) is 0. The second-order valence-electron chi connectivity index (χ2n) is 9.32. The zero-order chi connectivity index (χ0) is 21.8. The van der Waals surface area contributed by atoms with E-state index in [9.17, 15) is 4.79 Å². The maximum absolute atomic E-state index is 13.0. The van der Waals surface area contributed by atoms with Crippen LogP contribution >= 0.6 is 12.4 Å². The molecular formula is C27H29ClN4O.